The van der Waals surface area contributed by atoms with E-state index >= 15 is 0 Å². The predicted molar refractivity (Wildman–Crippen MR) is 105 cm³/mol. The van der Waals surface area contributed by atoms with Gasteiger partial charge in [-0.05, 0) is 51.3 Å². The van der Waals surface area contributed by atoms with Crippen LogP contribution in [0.4, 0.5) is 4.39 Å². The van der Waals surface area contributed by atoms with Gasteiger partial charge in [-0.25, -0.2) is 4.39 Å². The van der Waals surface area contributed by atoms with Crippen LogP contribution in [0.1, 0.15) is 58.1 Å². The molecule has 1 aliphatic rings. The third-order valence-corrected chi connectivity index (χ3v) is 4.29. The highest BCUT2D eigenvalue weighted by molar-refractivity contribution is 5.80. The molecular weight excluding hydrogens is 377 g/mol. The van der Waals surface area contributed by atoms with Gasteiger partial charge in [0.25, 0.3) is 0 Å². The van der Waals surface area contributed by atoms with Gasteiger partial charge in [0.1, 0.15) is 18.0 Å². The van der Waals surface area contributed by atoms with Crippen LogP contribution in [0.15, 0.2) is 36.4 Å². The second kappa shape index (κ2) is 10.2. The maximum atomic E-state index is 13.2. The van der Waals surface area contributed by atoms with E-state index in [0.717, 1.165) is 0 Å². The number of esters is 2. The summed E-state index contributed by atoms with van der Waals surface area (Å²) < 4.78 is 24.0. The number of ether oxygens (including phenoxy) is 2. The zero-order chi connectivity index (χ0) is 21.4. The predicted octanol–water partition coefficient (Wildman–Crippen LogP) is 3.61. The van der Waals surface area contributed by atoms with Gasteiger partial charge in [-0.2, -0.15) is 0 Å². The van der Waals surface area contributed by atoms with Crippen LogP contribution in [0.5, 0.6) is 0 Å². The molecular formula is C22H28FNO5. The van der Waals surface area contributed by atoms with Crippen molar-refractivity contribution in [3.63, 3.8) is 0 Å². The van der Waals surface area contributed by atoms with Crippen LogP contribution in [0, 0.1) is 11.7 Å². The standard InChI is InChI=1S/C22H28FNO5/c1-22(2,3)29-20(26)13-16-7-5-4-6-8-19(25)24-18(14-28-21(16)27)15-9-11-17(23)12-10-15/h4-5,9-12,16,18H,6-8,13-14H2,1-3H3,(H,24,25)/b5-4-/t16-,18-/m0/s1. The summed E-state index contributed by atoms with van der Waals surface area (Å²) in [7, 11) is 0. The average Bonchev–Trinajstić information content (AvgIpc) is 2.62. The van der Waals surface area contributed by atoms with Crippen LogP contribution in [-0.4, -0.2) is 30.1 Å². The van der Waals surface area contributed by atoms with Crippen molar-refractivity contribution in [1.29, 1.82) is 0 Å². The van der Waals surface area contributed by atoms with Crippen LogP contribution in [0.3, 0.4) is 0 Å². The Bertz CT molecular complexity index is 751. The van der Waals surface area contributed by atoms with Crippen molar-refractivity contribution in [1.82, 2.24) is 5.32 Å². The fraction of sp³-hybridized carbons (Fsp3) is 0.500. The lowest BCUT2D eigenvalue weighted by molar-refractivity contribution is -0.161. The van der Waals surface area contributed by atoms with E-state index in [4.69, 9.17) is 9.47 Å². The molecule has 0 spiro atoms. The van der Waals surface area contributed by atoms with Crippen LogP contribution in [-0.2, 0) is 23.9 Å². The molecule has 2 rings (SSSR count). The molecule has 1 aromatic carbocycles. The highest BCUT2D eigenvalue weighted by Crippen LogP contribution is 2.20. The van der Waals surface area contributed by atoms with Gasteiger partial charge in [-0.1, -0.05) is 24.3 Å². The van der Waals surface area contributed by atoms with E-state index in [1.165, 1.54) is 24.3 Å². The number of carbonyl (C=O) groups is 3. The number of cyclic esters (lactones) is 1. The van der Waals surface area contributed by atoms with Crippen LogP contribution >= 0.6 is 0 Å². The first kappa shape index (κ1) is 22.6. The number of amides is 1. The maximum Gasteiger partial charge on any atom is 0.309 e. The molecule has 1 aliphatic heterocycles. The smallest absolute Gasteiger partial charge is 0.309 e. The SMILES string of the molecule is CC(C)(C)OC(=O)C[C@@H]1C/C=C\CCC(=O)N[C@H](c2ccc(F)cc2)COC1=O. The zero-order valence-electron chi connectivity index (χ0n) is 17.1. The third kappa shape index (κ3) is 8.05. The number of rotatable bonds is 3. The van der Waals surface area contributed by atoms with Gasteiger partial charge in [-0.15, -0.1) is 0 Å². The van der Waals surface area contributed by atoms with E-state index < -0.39 is 35.3 Å². The summed E-state index contributed by atoms with van der Waals surface area (Å²) in [5.74, 6) is -2.27. The van der Waals surface area contributed by atoms with Crippen molar-refractivity contribution in [3.8, 4) is 0 Å². The summed E-state index contributed by atoms with van der Waals surface area (Å²) in [4.78, 5) is 36.9. The van der Waals surface area contributed by atoms with Gasteiger partial charge in [0.05, 0.1) is 18.4 Å². The van der Waals surface area contributed by atoms with Crippen molar-refractivity contribution >= 4 is 17.8 Å². The number of nitrogens with one attached hydrogen (secondary N) is 1. The number of hydrogen-bond donors (Lipinski definition) is 1. The number of benzene rings is 1. The van der Waals surface area contributed by atoms with E-state index in [0.29, 0.717) is 18.4 Å². The monoisotopic (exact) mass is 405 g/mol. The minimum absolute atomic E-state index is 0.0893. The van der Waals surface area contributed by atoms with E-state index in [1.54, 1.807) is 26.8 Å². The first-order chi connectivity index (χ1) is 13.6. The minimum Gasteiger partial charge on any atom is -0.463 e. The lowest BCUT2D eigenvalue weighted by atomic mass is 10.00. The Kier molecular flexibility index (Phi) is 7.93. The fourth-order valence-electron chi connectivity index (χ4n) is 2.91. The van der Waals surface area contributed by atoms with Crippen LogP contribution < -0.4 is 5.32 Å². The minimum atomic E-state index is -0.676. The van der Waals surface area contributed by atoms with Crippen molar-refractivity contribution in [3.05, 3.63) is 47.8 Å². The molecule has 0 unspecified atom stereocenters. The Morgan fingerprint density at radius 1 is 1.21 bits per heavy atom. The van der Waals surface area contributed by atoms with Crippen LogP contribution in [0.25, 0.3) is 0 Å². The molecule has 0 fully saturated rings. The second-order valence-electron chi connectivity index (χ2n) is 8.03. The molecule has 0 bridgehead atoms. The molecule has 0 saturated carbocycles. The molecule has 1 heterocycles. The van der Waals surface area contributed by atoms with E-state index in [2.05, 4.69) is 5.32 Å². The molecule has 2 atom stereocenters. The summed E-state index contributed by atoms with van der Waals surface area (Å²) in [6, 6.07) is 5.05. The van der Waals surface area contributed by atoms with E-state index in [-0.39, 0.29) is 25.4 Å². The number of carbonyl (C=O) groups excluding carboxylic acids is 3. The van der Waals surface area contributed by atoms with Crippen molar-refractivity contribution < 1.29 is 28.2 Å². The van der Waals surface area contributed by atoms with Gasteiger partial charge < -0.3 is 14.8 Å². The van der Waals surface area contributed by atoms with E-state index in [1.807, 2.05) is 6.08 Å². The quantitative estimate of drug-likeness (QED) is 0.614. The number of halogens is 1. The summed E-state index contributed by atoms with van der Waals surface area (Å²) in [6.07, 6.45) is 4.61. The molecule has 29 heavy (non-hydrogen) atoms. The molecule has 7 heteroatoms. The van der Waals surface area contributed by atoms with Gasteiger partial charge >= 0.3 is 11.9 Å². The summed E-state index contributed by atoms with van der Waals surface area (Å²) >= 11 is 0. The maximum absolute atomic E-state index is 13.2. The Balaban J connectivity index is 2.13. The molecule has 0 aliphatic carbocycles. The molecule has 1 N–H and O–H groups in total. The lowest BCUT2D eigenvalue weighted by Gasteiger charge is -2.23. The summed E-state index contributed by atoms with van der Waals surface area (Å²) in [5.41, 5.74) is -0.0102. The first-order valence-electron chi connectivity index (χ1n) is 9.72. The van der Waals surface area contributed by atoms with Crippen molar-refractivity contribution in [2.75, 3.05) is 6.61 Å². The highest BCUT2D eigenvalue weighted by atomic mass is 19.1. The Labute approximate surface area is 170 Å². The Morgan fingerprint density at radius 2 is 1.90 bits per heavy atom. The van der Waals surface area contributed by atoms with Crippen LogP contribution in [0.2, 0.25) is 0 Å². The second-order valence-corrected chi connectivity index (χ2v) is 8.03. The van der Waals surface area contributed by atoms with Gasteiger partial charge in [0.15, 0.2) is 0 Å². The number of allylic oxidation sites excluding steroid dienone is 2. The number of hydrogen-bond acceptors (Lipinski definition) is 5. The molecule has 0 aromatic heterocycles. The fourth-order valence-corrected chi connectivity index (χ4v) is 2.91. The molecule has 6 nitrogen and oxygen atoms in total. The normalized spacial score (nSPS) is 22.5. The van der Waals surface area contributed by atoms with E-state index in [9.17, 15) is 18.8 Å². The van der Waals surface area contributed by atoms with Gasteiger partial charge in [0, 0.05) is 6.42 Å². The van der Waals surface area contributed by atoms with Crippen molar-refractivity contribution in [2.45, 2.75) is 58.1 Å². The highest BCUT2D eigenvalue weighted by Gasteiger charge is 2.27. The molecule has 158 valence electrons. The Hall–Kier alpha value is -2.70. The summed E-state index contributed by atoms with van der Waals surface area (Å²) in [6.45, 7) is 5.19. The first-order valence-corrected chi connectivity index (χ1v) is 9.72. The van der Waals surface area contributed by atoms with Gasteiger partial charge in [0.2, 0.25) is 5.91 Å². The third-order valence-electron chi connectivity index (χ3n) is 4.29. The zero-order valence-corrected chi connectivity index (χ0v) is 17.1. The topological polar surface area (TPSA) is 81.7 Å². The lowest BCUT2D eigenvalue weighted by Crippen LogP contribution is -2.34. The van der Waals surface area contributed by atoms with Crippen molar-refractivity contribution in [2.24, 2.45) is 5.92 Å². The molecule has 0 radical (unpaired) electrons. The largest absolute Gasteiger partial charge is 0.463 e. The Morgan fingerprint density at radius 3 is 2.55 bits per heavy atom. The average molecular weight is 405 g/mol. The van der Waals surface area contributed by atoms with Gasteiger partial charge in [-0.3, -0.25) is 14.4 Å². The summed E-state index contributed by atoms with van der Waals surface area (Å²) in [5, 5.41) is 2.81. The molecule has 1 aromatic rings. The molecule has 1 amide bonds. The molecule has 0 saturated heterocycles.